The van der Waals surface area contributed by atoms with Crippen LogP contribution in [-0.2, 0) is 23.3 Å². The molecule has 1 fully saturated rings. The fourth-order valence-corrected chi connectivity index (χ4v) is 5.32. The number of nitrogens with zero attached hydrogens (tertiary/aromatic N) is 2. The smallest absolute Gasteiger partial charge is 0.328 e. The van der Waals surface area contributed by atoms with Crippen molar-refractivity contribution < 1.29 is 14.0 Å². The molecule has 0 radical (unpaired) electrons. The standard InChI is InChI=1S/C22H33N3O4Si/c1-13(29-30(7,8)22(2,3)4)19-15(23-20(19)27)12-18(26)14-9-10-16-17(11-14)25(6)21(28)24(16)5/h9-11,13,15,19H,12H2,1-8H3,(H,23,27)/t13?,15-,19-/m1/s1. The van der Waals surface area contributed by atoms with Crippen LogP contribution in [0.15, 0.2) is 23.0 Å². The molecule has 164 valence electrons. The monoisotopic (exact) mass is 431 g/mol. The molecular formula is C22H33N3O4Si. The van der Waals surface area contributed by atoms with Gasteiger partial charge in [-0.3, -0.25) is 18.7 Å². The van der Waals surface area contributed by atoms with Crippen LogP contribution >= 0.6 is 0 Å². The van der Waals surface area contributed by atoms with Crippen molar-refractivity contribution in [3.8, 4) is 0 Å². The molecule has 0 bridgehead atoms. The molecule has 1 aliphatic rings. The molecule has 1 aromatic carbocycles. The Kier molecular flexibility index (Phi) is 5.62. The number of hydrogen-bond acceptors (Lipinski definition) is 4. The van der Waals surface area contributed by atoms with Crippen LogP contribution in [0.5, 0.6) is 0 Å². The van der Waals surface area contributed by atoms with Crippen LogP contribution in [0, 0.1) is 5.92 Å². The maximum atomic E-state index is 12.9. The number of rotatable bonds is 6. The third-order valence-corrected chi connectivity index (χ3v) is 11.4. The van der Waals surface area contributed by atoms with E-state index in [1.165, 1.54) is 4.57 Å². The molecular weight excluding hydrogens is 398 g/mol. The maximum Gasteiger partial charge on any atom is 0.328 e. The molecule has 0 aliphatic carbocycles. The highest BCUT2D eigenvalue weighted by atomic mass is 28.4. The van der Waals surface area contributed by atoms with E-state index in [0.717, 1.165) is 11.0 Å². The van der Waals surface area contributed by atoms with Crippen molar-refractivity contribution in [2.45, 2.75) is 64.4 Å². The Bertz CT molecular complexity index is 1060. The van der Waals surface area contributed by atoms with Crippen LogP contribution in [0.1, 0.15) is 44.5 Å². The van der Waals surface area contributed by atoms with E-state index in [0.29, 0.717) is 5.56 Å². The Labute approximate surface area is 178 Å². The van der Waals surface area contributed by atoms with Gasteiger partial charge < -0.3 is 9.74 Å². The topological polar surface area (TPSA) is 82.3 Å². The van der Waals surface area contributed by atoms with Gasteiger partial charge in [0.05, 0.1) is 29.1 Å². The number of ketones is 1. The van der Waals surface area contributed by atoms with Gasteiger partial charge in [0.2, 0.25) is 5.91 Å². The first-order valence-electron chi connectivity index (χ1n) is 10.4. The summed E-state index contributed by atoms with van der Waals surface area (Å²) < 4.78 is 9.51. The lowest BCUT2D eigenvalue weighted by atomic mass is 9.82. The molecule has 2 heterocycles. The first-order chi connectivity index (χ1) is 13.7. The second-order valence-electron chi connectivity index (χ2n) is 9.96. The molecule has 30 heavy (non-hydrogen) atoms. The summed E-state index contributed by atoms with van der Waals surface area (Å²) in [7, 11) is 1.39. The summed E-state index contributed by atoms with van der Waals surface area (Å²) in [6.07, 6.45) is -0.0247. The summed E-state index contributed by atoms with van der Waals surface area (Å²) in [6, 6.07) is 5.06. The fourth-order valence-electron chi connectivity index (χ4n) is 3.89. The SMILES string of the molecule is CC(O[Si](C)(C)C(C)(C)C)[C@H]1C(=O)N[C@@H]1CC(=O)c1ccc2c(c1)n(C)c(=O)n2C. The van der Waals surface area contributed by atoms with E-state index < -0.39 is 8.32 Å². The Morgan fingerprint density at radius 1 is 1.17 bits per heavy atom. The molecule has 3 rings (SSSR count). The lowest BCUT2D eigenvalue weighted by molar-refractivity contribution is -0.139. The zero-order valence-electron chi connectivity index (χ0n) is 19.2. The minimum Gasteiger partial charge on any atom is -0.413 e. The van der Waals surface area contributed by atoms with Gasteiger partial charge in [0.1, 0.15) is 0 Å². The van der Waals surface area contributed by atoms with Gasteiger partial charge >= 0.3 is 5.69 Å². The number of nitrogens with one attached hydrogen (secondary N) is 1. The summed E-state index contributed by atoms with van der Waals surface area (Å²) in [5, 5.41) is 2.93. The molecule has 1 N–H and O–H groups in total. The van der Waals surface area contributed by atoms with Gasteiger partial charge in [0.25, 0.3) is 0 Å². The first-order valence-corrected chi connectivity index (χ1v) is 13.3. The van der Waals surface area contributed by atoms with Crippen LogP contribution in [0.3, 0.4) is 0 Å². The van der Waals surface area contributed by atoms with Gasteiger partial charge in [-0.1, -0.05) is 20.8 Å². The Hall–Kier alpha value is -2.19. The molecule has 1 amide bonds. The highest BCUT2D eigenvalue weighted by molar-refractivity contribution is 6.74. The predicted molar refractivity (Wildman–Crippen MR) is 120 cm³/mol. The first kappa shape index (κ1) is 22.5. The van der Waals surface area contributed by atoms with Crippen LogP contribution in [0.2, 0.25) is 18.1 Å². The largest absolute Gasteiger partial charge is 0.413 e. The van der Waals surface area contributed by atoms with Gasteiger partial charge in [-0.05, 0) is 43.3 Å². The Morgan fingerprint density at radius 3 is 2.33 bits per heavy atom. The number of carbonyl (C=O) groups is 2. The van der Waals surface area contributed by atoms with Crippen LogP contribution in [0.4, 0.5) is 0 Å². The zero-order chi connectivity index (χ0) is 22.6. The normalized spacial score (nSPS) is 20.7. The van der Waals surface area contributed by atoms with Gasteiger partial charge in [-0.2, -0.15) is 0 Å². The molecule has 3 atom stereocenters. The molecule has 0 spiro atoms. The van der Waals surface area contributed by atoms with Crippen molar-refractivity contribution in [3.63, 3.8) is 0 Å². The summed E-state index contributed by atoms with van der Waals surface area (Å²) in [4.78, 5) is 37.3. The van der Waals surface area contributed by atoms with E-state index in [4.69, 9.17) is 4.43 Å². The molecule has 8 heteroatoms. The van der Waals surface area contributed by atoms with Crippen LogP contribution in [0.25, 0.3) is 11.0 Å². The number of hydrogen-bond donors (Lipinski definition) is 1. The van der Waals surface area contributed by atoms with Crippen molar-refractivity contribution in [2.75, 3.05) is 0 Å². The van der Waals surface area contributed by atoms with Crippen LogP contribution < -0.4 is 11.0 Å². The number of aryl methyl sites for hydroxylation is 2. The van der Waals surface area contributed by atoms with E-state index in [2.05, 4.69) is 39.2 Å². The summed E-state index contributed by atoms with van der Waals surface area (Å²) in [5.41, 5.74) is 1.92. The second-order valence-corrected chi connectivity index (χ2v) is 14.7. The molecule has 1 unspecified atom stereocenters. The van der Waals surface area contributed by atoms with Crippen molar-refractivity contribution >= 4 is 31.0 Å². The number of amides is 1. The minimum atomic E-state index is -2.02. The number of Topliss-reactive ketones (excluding diaryl/α,β-unsaturated/α-hetero) is 1. The van der Waals surface area contributed by atoms with Gasteiger partial charge in [-0.25, -0.2) is 4.79 Å². The van der Waals surface area contributed by atoms with Crippen molar-refractivity contribution in [1.29, 1.82) is 0 Å². The average molecular weight is 432 g/mol. The summed E-state index contributed by atoms with van der Waals surface area (Å²) in [6.45, 7) is 12.8. The van der Waals surface area contributed by atoms with Gasteiger partial charge in [0, 0.05) is 26.1 Å². The highest BCUT2D eigenvalue weighted by Crippen LogP contribution is 2.39. The van der Waals surface area contributed by atoms with E-state index in [1.54, 1.807) is 36.9 Å². The fraction of sp³-hybridized carbons (Fsp3) is 0.591. The van der Waals surface area contributed by atoms with Gasteiger partial charge in [0.15, 0.2) is 14.1 Å². The van der Waals surface area contributed by atoms with E-state index in [9.17, 15) is 14.4 Å². The molecule has 1 aromatic heterocycles. The number of β-lactam (4-membered cyclic amide) rings is 1. The zero-order valence-corrected chi connectivity index (χ0v) is 20.2. The predicted octanol–water partition coefficient (Wildman–Crippen LogP) is 2.97. The van der Waals surface area contributed by atoms with E-state index in [1.807, 2.05) is 6.92 Å². The quantitative estimate of drug-likeness (QED) is 0.433. The lowest BCUT2D eigenvalue weighted by Crippen LogP contribution is -2.64. The highest BCUT2D eigenvalue weighted by Gasteiger charge is 2.47. The average Bonchev–Trinajstić information content (AvgIpc) is 2.83. The number of fused-ring (bicyclic) bond motifs is 1. The molecule has 7 nitrogen and oxygen atoms in total. The number of imidazole rings is 1. The molecule has 1 saturated heterocycles. The van der Waals surface area contributed by atoms with Crippen molar-refractivity contribution in [3.05, 3.63) is 34.2 Å². The lowest BCUT2D eigenvalue weighted by Gasteiger charge is -2.45. The second kappa shape index (κ2) is 7.49. The van der Waals surface area contributed by atoms with E-state index >= 15 is 0 Å². The van der Waals surface area contributed by atoms with Crippen molar-refractivity contribution in [1.82, 2.24) is 14.5 Å². The van der Waals surface area contributed by atoms with Crippen molar-refractivity contribution in [2.24, 2.45) is 20.0 Å². The molecule has 2 aromatic rings. The third-order valence-electron chi connectivity index (χ3n) is 6.86. The maximum absolute atomic E-state index is 12.9. The Balaban J connectivity index is 1.75. The molecule has 0 saturated carbocycles. The van der Waals surface area contributed by atoms with Gasteiger partial charge in [-0.15, -0.1) is 0 Å². The minimum absolute atomic E-state index is 0.0494. The van der Waals surface area contributed by atoms with Crippen LogP contribution in [-0.4, -0.2) is 41.3 Å². The Morgan fingerprint density at radius 2 is 1.77 bits per heavy atom. The van der Waals surface area contributed by atoms with E-state index in [-0.39, 0.29) is 46.9 Å². The number of aromatic nitrogens is 2. The number of benzene rings is 1. The summed E-state index contributed by atoms with van der Waals surface area (Å²) >= 11 is 0. The molecule has 1 aliphatic heterocycles. The number of carbonyl (C=O) groups excluding carboxylic acids is 2. The summed E-state index contributed by atoms with van der Waals surface area (Å²) in [5.74, 6) is -0.435. The third kappa shape index (κ3) is 3.78.